The number of hydrogen-bond donors (Lipinski definition) is 1. The molecule has 2 aliphatic rings. The molecule has 4 atom stereocenters. The maximum atomic E-state index is 13.5. The summed E-state index contributed by atoms with van der Waals surface area (Å²) in [4.78, 5) is 39.7. The lowest BCUT2D eigenvalue weighted by atomic mass is 9.70. The zero-order valence-electron chi connectivity index (χ0n) is 17.4. The van der Waals surface area contributed by atoms with Crippen molar-refractivity contribution >= 4 is 29.1 Å². The lowest BCUT2D eigenvalue weighted by Crippen LogP contribution is -2.43. The van der Waals surface area contributed by atoms with Crippen molar-refractivity contribution in [3.05, 3.63) is 44.9 Å². The summed E-state index contributed by atoms with van der Waals surface area (Å²) in [7, 11) is 1.29. The van der Waals surface area contributed by atoms with Crippen LogP contribution in [-0.2, 0) is 23.9 Å². The van der Waals surface area contributed by atoms with Crippen molar-refractivity contribution in [2.24, 2.45) is 11.8 Å². The fourth-order valence-corrected chi connectivity index (χ4v) is 4.86. The molecule has 6 nitrogen and oxygen atoms in total. The van der Waals surface area contributed by atoms with Crippen LogP contribution in [0.25, 0.3) is 0 Å². The molecule has 0 radical (unpaired) electrons. The Kier molecular flexibility index (Phi) is 6.27. The summed E-state index contributed by atoms with van der Waals surface area (Å²) in [6, 6.07) is 3.80. The molecule has 1 aliphatic carbocycles. The lowest BCUT2D eigenvalue weighted by molar-refractivity contribution is -0.151. The van der Waals surface area contributed by atoms with E-state index in [1.54, 1.807) is 0 Å². The summed E-state index contributed by atoms with van der Waals surface area (Å²) in [6.45, 7) is 7.49. The first-order chi connectivity index (χ1) is 13.8. The highest BCUT2D eigenvalue weighted by Gasteiger charge is 2.47. The van der Waals surface area contributed by atoms with Crippen LogP contribution >= 0.6 is 11.3 Å². The van der Waals surface area contributed by atoms with Crippen LogP contribution in [0.1, 0.15) is 51.3 Å². The van der Waals surface area contributed by atoms with E-state index in [1.807, 2.05) is 45.2 Å². The summed E-state index contributed by atoms with van der Waals surface area (Å²) in [5.74, 6) is -2.85. The van der Waals surface area contributed by atoms with Gasteiger partial charge in [0.25, 0.3) is 0 Å². The predicted octanol–water partition coefficient (Wildman–Crippen LogP) is 3.70. The maximum Gasteiger partial charge on any atom is 0.337 e. The molecule has 7 heteroatoms. The Bertz CT molecular complexity index is 883. The number of hydrogen-bond acceptors (Lipinski definition) is 7. The second-order valence-electron chi connectivity index (χ2n) is 7.67. The van der Waals surface area contributed by atoms with Gasteiger partial charge in [0, 0.05) is 21.8 Å². The topological polar surface area (TPSA) is 81.7 Å². The highest BCUT2D eigenvalue weighted by atomic mass is 32.1. The summed E-state index contributed by atoms with van der Waals surface area (Å²) >= 11 is 1.48. The molecule has 0 saturated carbocycles. The van der Waals surface area contributed by atoms with Gasteiger partial charge in [-0.25, -0.2) is 4.79 Å². The van der Waals surface area contributed by atoms with Crippen LogP contribution in [0.2, 0.25) is 0 Å². The Morgan fingerprint density at radius 2 is 2.10 bits per heavy atom. The summed E-state index contributed by atoms with van der Waals surface area (Å²) < 4.78 is 10.5. The molecular formula is C22H27NO5S. The van der Waals surface area contributed by atoms with Gasteiger partial charge in [-0.05, 0) is 44.1 Å². The molecule has 1 aliphatic heterocycles. The molecule has 0 bridgehead atoms. The van der Waals surface area contributed by atoms with Gasteiger partial charge in [-0.15, -0.1) is 11.3 Å². The Labute approximate surface area is 175 Å². The van der Waals surface area contributed by atoms with E-state index in [4.69, 9.17) is 9.47 Å². The van der Waals surface area contributed by atoms with E-state index >= 15 is 0 Å². The quantitative estimate of drug-likeness (QED) is 0.581. The van der Waals surface area contributed by atoms with Gasteiger partial charge >= 0.3 is 11.9 Å². The van der Waals surface area contributed by atoms with Gasteiger partial charge in [-0.3, -0.25) is 9.59 Å². The fourth-order valence-electron chi connectivity index (χ4n) is 4.02. The van der Waals surface area contributed by atoms with Crippen molar-refractivity contribution in [2.45, 2.75) is 52.6 Å². The zero-order valence-corrected chi connectivity index (χ0v) is 18.2. The number of Topliss-reactive ketones (excluding diaryl/α,β-unsaturated/α-hetero) is 1. The molecule has 0 fully saturated rings. The second kappa shape index (κ2) is 8.53. The Balaban J connectivity index is 2.10. The molecule has 0 saturated heterocycles. The highest BCUT2D eigenvalue weighted by molar-refractivity contribution is 7.10. The standard InChI is InChI=1S/C22H27NO5S/c1-6-12(3)28-22(26)17-13(4)23-14-10-11(2)16(21(25)27-5)20(24)18(14)19(17)15-8-7-9-29-15/h7-9,11-12,16,19,23H,6,10H2,1-5H3/t11-,12-,16-,19+/m1/s1. The average molecular weight is 418 g/mol. The Morgan fingerprint density at radius 3 is 2.69 bits per heavy atom. The molecule has 156 valence electrons. The molecule has 1 aromatic rings. The third kappa shape index (κ3) is 3.88. The monoisotopic (exact) mass is 417 g/mol. The summed E-state index contributed by atoms with van der Waals surface area (Å²) in [5.41, 5.74) is 2.37. The van der Waals surface area contributed by atoms with Gasteiger partial charge in [0.1, 0.15) is 5.92 Å². The van der Waals surface area contributed by atoms with Crippen LogP contribution in [0.4, 0.5) is 0 Å². The normalized spacial score (nSPS) is 25.3. The SMILES string of the molecule is CC[C@@H](C)OC(=O)C1=C(C)NC2=C(C(=O)[C@H](C(=O)OC)[C@H](C)C2)[C@H]1c1cccs1. The number of esters is 2. The van der Waals surface area contributed by atoms with E-state index in [-0.39, 0.29) is 17.8 Å². The Hall–Kier alpha value is -2.41. The van der Waals surface area contributed by atoms with E-state index in [2.05, 4.69) is 5.32 Å². The lowest BCUT2D eigenvalue weighted by Gasteiger charge is -2.38. The number of ketones is 1. The van der Waals surface area contributed by atoms with Gasteiger partial charge < -0.3 is 14.8 Å². The summed E-state index contributed by atoms with van der Waals surface area (Å²) in [5, 5.41) is 5.18. The molecule has 29 heavy (non-hydrogen) atoms. The highest BCUT2D eigenvalue weighted by Crippen LogP contribution is 2.46. The number of nitrogens with one attached hydrogen (secondary N) is 1. The Morgan fingerprint density at radius 1 is 1.38 bits per heavy atom. The first-order valence-electron chi connectivity index (χ1n) is 9.87. The number of allylic oxidation sites excluding steroid dienone is 3. The third-order valence-electron chi connectivity index (χ3n) is 5.67. The van der Waals surface area contributed by atoms with Crippen molar-refractivity contribution in [1.29, 1.82) is 0 Å². The van der Waals surface area contributed by atoms with Crippen molar-refractivity contribution in [3.63, 3.8) is 0 Å². The van der Waals surface area contributed by atoms with Gasteiger partial charge in [0.15, 0.2) is 5.78 Å². The van der Waals surface area contributed by atoms with Crippen LogP contribution in [0.3, 0.4) is 0 Å². The maximum absolute atomic E-state index is 13.5. The minimum absolute atomic E-state index is 0.188. The number of dihydropyridines is 1. The minimum atomic E-state index is -0.867. The van der Waals surface area contributed by atoms with Gasteiger partial charge in [0.05, 0.1) is 24.7 Å². The van der Waals surface area contributed by atoms with Crippen LogP contribution in [-0.4, -0.2) is 30.9 Å². The molecular weight excluding hydrogens is 390 g/mol. The predicted molar refractivity (Wildman–Crippen MR) is 110 cm³/mol. The number of rotatable bonds is 5. The largest absolute Gasteiger partial charge is 0.468 e. The van der Waals surface area contributed by atoms with E-state index in [0.717, 1.165) is 10.6 Å². The molecule has 0 unspecified atom stereocenters. The van der Waals surface area contributed by atoms with E-state index in [1.165, 1.54) is 18.4 Å². The number of carbonyl (C=O) groups is 3. The molecule has 0 spiro atoms. The average Bonchev–Trinajstić information content (AvgIpc) is 3.20. The fraction of sp³-hybridized carbons (Fsp3) is 0.500. The minimum Gasteiger partial charge on any atom is -0.468 e. The molecule has 0 amide bonds. The summed E-state index contributed by atoms with van der Waals surface area (Å²) in [6.07, 6.45) is 1.00. The molecule has 3 rings (SSSR count). The van der Waals surface area contributed by atoms with Crippen molar-refractivity contribution in [1.82, 2.24) is 5.32 Å². The number of ether oxygens (including phenoxy) is 2. The second-order valence-corrected chi connectivity index (χ2v) is 8.65. The molecule has 2 heterocycles. The van der Waals surface area contributed by atoms with Crippen LogP contribution < -0.4 is 5.32 Å². The smallest absolute Gasteiger partial charge is 0.337 e. The van der Waals surface area contributed by atoms with E-state index < -0.39 is 23.8 Å². The molecule has 1 aromatic heterocycles. The zero-order chi connectivity index (χ0) is 21.3. The van der Waals surface area contributed by atoms with Gasteiger partial charge in [0.2, 0.25) is 0 Å². The van der Waals surface area contributed by atoms with Crippen molar-refractivity contribution in [3.8, 4) is 0 Å². The van der Waals surface area contributed by atoms with E-state index in [9.17, 15) is 14.4 Å². The first kappa shape index (κ1) is 21.3. The van der Waals surface area contributed by atoms with Gasteiger partial charge in [-0.2, -0.15) is 0 Å². The number of thiophene rings is 1. The first-order valence-corrected chi connectivity index (χ1v) is 10.7. The number of carbonyl (C=O) groups excluding carboxylic acids is 3. The third-order valence-corrected chi connectivity index (χ3v) is 6.61. The van der Waals surface area contributed by atoms with E-state index in [0.29, 0.717) is 29.7 Å². The number of methoxy groups -OCH3 is 1. The van der Waals surface area contributed by atoms with Gasteiger partial charge in [-0.1, -0.05) is 19.9 Å². The molecule has 0 aromatic carbocycles. The van der Waals surface area contributed by atoms with Crippen molar-refractivity contribution in [2.75, 3.05) is 7.11 Å². The molecule has 1 N–H and O–H groups in total. The van der Waals surface area contributed by atoms with Crippen LogP contribution in [0, 0.1) is 11.8 Å². The van der Waals surface area contributed by atoms with Crippen molar-refractivity contribution < 1.29 is 23.9 Å². The van der Waals surface area contributed by atoms with Crippen LogP contribution in [0.15, 0.2) is 40.1 Å². The van der Waals surface area contributed by atoms with Crippen LogP contribution in [0.5, 0.6) is 0 Å².